The van der Waals surface area contributed by atoms with E-state index in [1.807, 2.05) is 41.5 Å². The minimum Gasteiger partial charge on any atom is -0.598 e. The van der Waals surface area contributed by atoms with Gasteiger partial charge in [-0.3, -0.25) is 0 Å². The molecule has 1 heterocycles. The maximum Gasteiger partial charge on any atom is 0.410 e. The van der Waals surface area contributed by atoms with Gasteiger partial charge in [0.1, 0.15) is 10.3 Å². The van der Waals surface area contributed by atoms with Crippen LogP contribution in [0.2, 0.25) is 0 Å². The summed E-state index contributed by atoms with van der Waals surface area (Å²) in [5.41, 5.74) is 0.0283. The van der Waals surface area contributed by atoms with Crippen LogP contribution in [0.3, 0.4) is 0 Å². The van der Waals surface area contributed by atoms with E-state index < -0.39 is 33.3 Å². The predicted octanol–water partition coefficient (Wildman–Crippen LogP) is 5.30. The molecule has 0 aromatic heterocycles. The maximum atomic E-state index is 13.3. The lowest BCUT2D eigenvalue weighted by atomic mass is 9.79. The number of aliphatic hydroxyl groups is 1. The molecule has 1 aliphatic carbocycles. The van der Waals surface area contributed by atoms with Crippen molar-refractivity contribution in [1.82, 2.24) is 9.62 Å². The monoisotopic (exact) mass is 536 g/mol. The minimum atomic E-state index is -1.37. The van der Waals surface area contributed by atoms with Crippen LogP contribution < -0.4 is 4.72 Å². The summed E-state index contributed by atoms with van der Waals surface area (Å²) in [6.07, 6.45) is 5.60. The first kappa shape index (κ1) is 30.2. The maximum absolute atomic E-state index is 13.3. The summed E-state index contributed by atoms with van der Waals surface area (Å²) in [6, 6.07) is 10.3. The van der Waals surface area contributed by atoms with Crippen molar-refractivity contribution in [3.63, 3.8) is 0 Å². The van der Waals surface area contributed by atoms with Crippen LogP contribution >= 0.6 is 0 Å². The number of ether oxygens (including phenoxy) is 2. The lowest BCUT2D eigenvalue weighted by molar-refractivity contribution is -0.0601. The van der Waals surface area contributed by atoms with Gasteiger partial charge in [-0.05, 0) is 98.0 Å². The molecule has 1 saturated heterocycles. The van der Waals surface area contributed by atoms with Crippen LogP contribution in [0, 0.1) is 0 Å². The van der Waals surface area contributed by atoms with Gasteiger partial charge in [0, 0.05) is 24.5 Å². The topological polar surface area (TPSA) is 94.1 Å². The van der Waals surface area contributed by atoms with E-state index in [-0.39, 0.29) is 18.8 Å². The highest BCUT2D eigenvalue weighted by atomic mass is 32.2. The van der Waals surface area contributed by atoms with E-state index in [1.54, 1.807) is 4.90 Å². The molecule has 210 valence electrons. The normalized spacial score (nSPS) is 28.1. The molecule has 1 amide bonds. The van der Waals surface area contributed by atoms with Crippen molar-refractivity contribution in [1.29, 1.82) is 0 Å². The summed E-state index contributed by atoms with van der Waals surface area (Å²) in [5, 5.41) is 10.1. The Bertz CT molecular complexity index is 844. The molecule has 3 rings (SSSR count). The summed E-state index contributed by atoms with van der Waals surface area (Å²) in [5.74, 6) is 0.554. The number of nitrogens with one attached hydrogen (secondary N) is 1. The molecule has 37 heavy (non-hydrogen) atoms. The summed E-state index contributed by atoms with van der Waals surface area (Å²) in [6.45, 7) is 12.1. The third-order valence-corrected chi connectivity index (χ3v) is 9.21. The number of likely N-dealkylation sites (tertiary alicyclic amines) is 1. The molecular weight excluding hydrogens is 488 g/mol. The van der Waals surface area contributed by atoms with Gasteiger partial charge in [0.05, 0.1) is 24.3 Å². The third kappa shape index (κ3) is 8.33. The first-order chi connectivity index (χ1) is 17.3. The van der Waals surface area contributed by atoms with E-state index in [0.29, 0.717) is 31.9 Å². The Labute approximate surface area is 227 Å². The Morgan fingerprint density at radius 1 is 1.14 bits per heavy atom. The fourth-order valence-corrected chi connectivity index (χ4v) is 6.50. The number of benzene rings is 1. The van der Waals surface area contributed by atoms with E-state index in [1.165, 1.54) is 5.56 Å². The third-order valence-electron chi connectivity index (χ3n) is 7.51. The van der Waals surface area contributed by atoms with Crippen molar-refractivity contribution in [2.24, 2.45) is 0 Å². The van der Waals surface area contributed by atoms with Gasteiger partial charge in [-0.1, -0.05) is 30.3 Å². The van der Waals surface area contributed by atoms with Gasteiger partial charge in [-0.25, -0.2) is 4.79 Å². The number of carbonyl (C=O) groups is 1. The number of aliphatic hydroxyl groups excluding tert-OH is 1. The van der Waals surface area contributed by atoms with Crippen LogP contribution in [0.1, 0.15) is 98.0 Å². The lowest BCUT2D eigenvalue weighted by Gasteiger charge is -2.50. The Hall–Kier alpha value is -1.32. The molecule has 0 radical (unpaired) electrons. The number of hydrogen-bond donors (Lipinski definition) is 2. The Balaban J connectivity index is 1.77. The zero-order chi connectivity index (χ0) is 27.3. The summed E-state index contributed by atoms with van der Waals surface area (Å²) < 4.78 is 28.5. The van der Waals surface area contributed by atoms with Crippen molar-refractivity contribution >= 4 is 17.5 Å². The highest BCUT2D eigenvalue weighted by molar-refractivity contribution is 7.90. The second kappa shape index (κ2) is 12.7. The van der Waals surface area contributed by atoms with Crippen LogP contribution in [0.25, 0.3) is 0 Å². The smallest absolute Gasteiger partial charge is 0.410 e. The summed E-state index contributed by atoms with van der Waals surface area (Å²) in [7, 11) is 0. The highest BCUT2D eigenvalue weighted by Gasteiger charge is 2.51. The molecule has 8 heteroatoms. The van der Waals surface area contributed by atoms with E-state index in [4.69, 9.17) is 9.47 Å². The van der Waals surface area contributed by atoms with Crippen molar-refractivity contribution in [3.8, 4) is 0 Å². The molecule has 2 aliphatic rings. The van der Waals surface area contributed by atoms with Gasteiger partial charge < -0.3 is 24.0 Å². The van der Waals surface area contributed by atoms with Crippen LogP contribution in [-0.4, -0.2) is 68.4 Å². The Morgan fingerprint density at radius 2 is 1.78 bits per heavy atom. The van der Waals surface area contributed by atoms with Crippen LogP contribution in [0.5, 0.6) is 0 Å². The van der Waals surface area contributed by atoms with Crippen LogP contribution in [0.15, 0.2) is 30.3 Å². The molecule has 1 aromatic carbocycles. The minimum absolute atomic E-state index is 0.0742. The van der Waals surface area contributed by atoms with Gasteiger partial charge in [0.25, 0.3) is 0 Å². The molecule has 0 bridgehead atoms. The van der Waals surface area contributed by atoms with Crippen LogP contribution in [0.4, 0.5) is 4.79 Å². The first-order valence-electron chi connectivity index (χ1n) is 13.8. The molecule has 1 aromatic rings. The van der Waals surface area contributed by atoms with Crippen LogP contribution in [-0.2, 0) is 20.8 Å². The number of rotatable bonds is 8. The van der Waals surface area contributed by atoms with Crippen molar-refractivity contribution < 1.29 is 23.9 Å². The zero-order valence-corrected chi connectivity index (χ0v) is 24.4. The van der Waals surface area contributed by atoms with Gasteiger partial charge in [0.15, 0.2) is 0 Å². The highest BCUT2D eigenvalue weighted by Crippen LogP contribution is 2.37. The molecular formula is C29H48N2O5S. The van der Waals surface area contributed by atoms with Gasteiger partial charge >= 0.3 is 6.09 Å². The predicted molar refractivity (Wildman–Crippen MR) is 149 cm³/mol. The zero-order valence-electron chi connectivity index (χ0n) is 23.6. The van der Waals surface area contributed by atoms with Crippen molar-refractivity contribution in [3.05, 3.63) is 35.9 Å². The molecule has 2 fully saturated rings. The van der Waals surface area contributed by atoms with Crippen molar-refractivity contribution in [2.45, 2.75) is 120 Å². The fraction of sp³-hybridized carbons (Fsp3) is 0.759. The average Bonchev–Trinajstić information content (AvgIpc) is 2.82. The Kier molecular flexibility index (Phi) is 10.4. The Morgan fingerprint density at radius 3 is 2.35 bits per heavy atom. The SMILES string of the molecule is CC(C)(C)OC(=O)N1CCCC(CCO)(N[S@+]([O-])C(C)(C)C)C1COC1CCC(c2ccccc2)CC1. The molecule has 0 spiro atoms. The van der Waals surface area contributed by atoms with Gasteiger partial charge in [-0.15, -0.1) is 4.72 Å². The van der Waals surface area contributed by atoms with E-state index in [2.05, 4.69) is 35.1 Å². The molecule has 1 saturated carbocycles. The van der Waals surface area contributed by atoms with E-state index in [9.17, 15) is 14.5 Å². The molecule has 1 aliphatic heterocycles. The first-order valence-corrected chi connectivity index (χ1v) is 15.0. The molecule has 3 atom stereocenters. The lowest BCUT2D eigenvalue weighted by Crippen LogP contribution is -2.69. The quantitative estimate of drug-likeness (QED) is 0.438. The summed E-state index contributed by atoms with van der Waals surface area (Å²) in [4.78, 5) is 15.1. The summed E-state index contributed by atoms with van der Waals surface area (Å²) >= 11 is -1.37. The van der Waals surface area contributed by atoms with E-state index >= 15 is 0 Å². The fourth-order valence-electron chi connectivity index (χ4n) is 5.49. The molecule has 2 unspecified atom stereocenters. The van der Waals surface area contributed by atoms with E-state index in [0.717, 1.165) is 32.1 Å². The van der Waals surface area contributed by atoms with Crippen molar-refractivity contribution in [2.75, 3.05) is 19.8 Å². The standard InChI is InChI=1S/C29H48N2O5S/c1-27(2,3)36-26(33)31-19-10-17-29(18-20-32,30-37(34)28(4,5)6)25(31)21-35-24-15-13-23(14-16-24)22-11-8-7-9-12-22/h7-9,11-12,23-25,30,32H,10,13-21H2,1-6H3/t23?,24?,25?,29?,37-/m1/s1. The number of nitrogens with zero attached hydrogens (tertiary/aromatic N) is 1. The molecule has 2 N–H and O–H groups in total. The second-order valence-corrected chi connectivity index (χ2v) is 14.6. The van der Waals surface area contributed by atoms with Gasteiger partial charge in [-0.2, -0.15) is 0 Å². The number of piperidine rings is 1. The molecule has 7 nitrogen and oxygen atoms in total. The van der Waals surface area contributed by atoms with Gasteiger partial charge in [0.2, 0.25) is 0 Å². The average molecular weight is 537 g/mol. The number of amides is 1. The number of carbonyl (C=O) groups excluding carboxylic acids is 1. The largest absolute Gasteiger partial charge is 0.598 e. The number of hydrogen-bond acceptors (Lipinski definition) is 6. The second-order valence-electron chi connectivity index (χ2n) is 12.6.